The van der Waals surface area contributed by atoms with Crippen molar-refractivity contribution in [2.24, 2.45) is 0 Å². The summed E-state index contributed by atoms with van der Waals surface area (Å²) < 4.78 is 9.67. The van der Waals surface area contributed by atoms with Crippen LogP contribution in [0, 0.1) is 0 Å². The van der Waals surface area contributed by atoms with Crippen LogP contribution in [0.1, 0.15) is 11.4 Å². The van der Waals surface area contributed by atoms with Crippen LogP contribution in [0.2, 0.25) is 0 Å². The molecule has 0 bridgehead atoms. The van der Waals surface area contributed by atoms with Gasteiger partial charge in [-0.05, 0) is 0 Å². The van der Waals surface area contributed by atoms with E-state index < -0.39 is 0 Å². The van der Waals surface area contributed by atoms with E-state index >= 15 is 0 Å². The number of hydrogen-bond donors (Lipinski definition) is 1. The minimum atomic E-state index is -0.378. The van der Waals surface area contributed by atoms with Gasteiger partial charge in [0.05, 0.1) is 17.5 Å². The van der Waals surface area contributed by atoms with Gasteiger partial charge in [-0.25, -0.2) is 0 Å². The molecule has 0 spiro atoms. The molecule has 1 aliphatic heterocycles. The average molecular weight is 278 g/mol. The summed E-state index contributed by atoms with van der Waals surface area (Å²) in [6.07, 6.45) is 2.76. The van der Waals surface area contributed by atoms with Crippen LogP contribution in [0.25, 0.3) is 0 Å². The van der Waals surface area contributed by atoms with E-state index in [2.05, 4.69) is 20.1 Å². The highest BCUT2D eigenvalue weighted by atomic mass is 16.5. The molecule has 2 aromatic heterocycles. The normalized spacial score (nSPS) is 19.2. The second-order valence-electron chi connectivity index (χ2n) is 5.11. The molecule has 108 valence electrons. The second kappa shape index (κ2) is 6.17. The first kappa shape index (κ1) is 13.3. The fraction of sp³-hybridized carbons (Fsp3) is 0.538. The van der Waals surface area contributed by atoms with E-state index in [9.17, 15) is 5.11 Å². The SMILES string of the molecule is OC1CN(Cc2ccon2)CCN(Cc2ccon2)C1. The van der Waals surface area contributed by atoms with Crippen LogP contribution in [0.3, 0.4) is 0 Å². The largest absolute Gasteiger partial charge is 0.390 e. The summed E-state index contributed by atoms with van der Waals surface area (Å²) >= 11 is 0. The highest BCUT2D eigenvalue weighted by molar-refractivity contribution is 4.97. The predicted octanol–water partition coefficient (Wildman–Crippen LogP) is 0.341. The van der Waals surface area contributed by atoms with Crippen molar-refractivity contribution in [3.63, 3.8) is 0 Å². The fourth-order valence-corrected chi connectivity index (χ4v) is 2.50. The number of aromatic nitrogens is 2. The molecule has 3 heterocycles. The molecule has 0 amide bonds. The number of nitrogens with zero attached hydrogens (tertiary/aromatic N) is 4. The molecule has 2 aromatic rings. The monoisotopic (exact) mass is 278 g/mol. The molecule has 0 aromatic carbocycles. The van der Waals surface area contributed by atoms with Crippen molar-refractivity contribution in [3.8, 4) is 0 Å². The van der Waals surface area contributed by atoms with E-state index in [1.165, 1.54) is 0 Å². The van der Waals surface area contributed by atoms with Gasteiger partial charge >= 0.3 is 0 Å². The third kappa shape index (κ3) is 3.44. The summed E-state index contributed by atoms with van der Waals surface area (Å²) in [7, 11) is 0. The van der Waals surface area contributed by atoms with Gasteiger partial charge in [-0.1, -0.05) is 10.3 Å². The van der Waals surface area contributed by atoms with E-state index in [0.717, 1.165) is 24.5 Å². The average Bonchev–Trinajstić information content (AvgIpc) is 3.05. The van der Waals surface area contributed by atoms with Crippen LogP contribution >= 0.6 is 0 Å². The maximum atomic E-state index is 10.1. The van der Waals surface area contributed by atoms with Crippen molar-refractivity contribution in [2.45, 2.75) is 19.2 Å². The van der Waals surface area contributed by atoms with Crippen LogP contribution in [0.5, 0.6) is 0 Å². The Bertz CT molecular complexity index is 453. The highest BCUT2D eigenvalue weighted by Crippen LogP contribution is 2.10. The Morgan fingerprint density at radius 2 is 1.50 bits per heavy atom. The van der Waals surface area contributed by atoms with Gasteiger partial charge in [0.25, 0.3) is 0 Å². The minimum Gasteiger partial charge on any atom is -0.390 e. The molecule has 7 heteroatoms. The van der Waals surface area contributed by atoms with Crippen LogP contribution < -0.4 is 0 Å². The van der Waals surface area contributed by atoms with Crippen LogP contribution in [0.4, 0.5) is 0 Å². The molecule has 1 saturated heterocycles. The van der Waals surface area contributed by atoms with E-state index in [4.69, 9.17) is 9.05 Å². The molecular formula is C13H18N4O3. The van der Waals surface area contributed by atoms with Gasteiger partial charge in [-0.15, -0.1) is 0 Å². The molecule has 20 heavy (non-hydrogen) atoms. The lowest BCUT2D eigenvalue weighted by Crippen LogP contribution is -2.33. The summed E-state index contributed by atoms with van der Waals surface area (Å²) in [4.78, 5) is 4.37. The van der Waals surface area contributed by atoms with Crippen LogP contribution in [-0.4, -0.2) is 57.5 Å². The number of hydrogen-bond acceptors (Lipinski definition) is 7. The standard InChI is InChI=1S/C13H18N4O3/c18-13-9-16(7-11-1-5-19-14-11)3-4-17(10-13)8-12-2-6-20-15-12/h1-2,5-6,13,18H,3-4,7-10H2. The summed E-state index contributed by atoms with van der Waals surface area (Å²) in [5, 5.41) is 17.9. The Labute approximate surface area is 116 Å². The fourth-order valence-electron chi connectivity index (χ4n) is 2.50. The topological polar surface area (TPSA) is 78.8 Å². The Morgan fingerprint density at radius 3 is 1.90 bits per heavy atom. The van der Waals surface area contributed by atoms with Gasteiger partial charge in [0.2, 0.25) is 0 Å². The van der Waals surface area contributed by atoms with E-state index in [1.807, 2.05) is 12.1 Å². The number of β-amino-alcohol motifs (C(OH)–C–C–N with tert-alkyl or cyclic N) is 1. The van der Waals surface area contributed by atoms with Crippen molar-refractivity contribution >= 4 is 0 Å². The van der Waals surface area contributed by atoms with Crippen molar-refractivity contribution in [1.29, 1.82) is 0 Å². The van der Waals surface area contributed by atoms with Gasteiger partial charge in [0.15, 0.2) is 0 Å². The Morgan fingerprint density at radius 1 is 1.00 bits per heavy atom. The van der Waals surface area contributed by atoms with Crippen LogP contribution in [0.15, 0.2) is 33.7 Å². The number of aliphatic hydroxyl groups is 1. The lowest BCUT2D eigenvalue weighted by molar-refractivity contribution is 0.104. The number of rotatable bonds is 4. The zero-order valence-electron chi connectivity index (χ0n) is 11.2. The summed E-state index contributed by atoms with van der Waals surface area (Å²) in [5.41, 5.74) is 1.78. The van der Waals surface area contributed by atoms with Gasteiger partial charge < -0.3 is 14.2 Å². The quantitative estimate of drug-likeness (QED) is 0.864. The predicted molar refractivity (Wildman–Crippen MR) is 69.6 cm³/mol. The molecule has 0 atom stereocenters. The molecule has 3 rings (SSSR count). The molecule has 0 radical (unpaired) electrons. The van der Waals surface area contributed by atoms with E-state index in [-0.39, 0.29) is 6.10 Å². The van der Waals surface area contributed by atoms with Gasteiger partial charge in [0.1, 0.15) is 12.5 Å². The molecule has 1 fully saturated rings. The van der Waals surface area contributed by atoms with Crippen molar-refractivity contribution in [1.82, 2.24) is 20.1 Å². The smallest absolute Gasteiger partial charge is 0.124 e. The van der Waals surface area contributed by atoms with Gasteiger partial charge in [-0.3, -0.25) is 9.80 Å². The Balaban J connectivity index is 1.57. The Hall–Kier alpha value is -1.70. The van der Waals surface area contributed by atoms with Gasteiger partial charge in [0, 0.05) is 51.4 Å². The van der Waals surface area contributed by atoms with Crippen molar-refractivity contribution < 1.29 is 14.2 Å². The maximum absolute atomic E-state index is 10.1. The molecule has 1 aliphatic rings. The molecule has 0 unspecified atom stereocenters. The third-order valence-electron chi connectivity index (χ3n) is 3.42. The summed E-state index contributed by atoms with van der Waals surface area (Å²) in [6.45, 7) is 4.44. The first-order valence-corrected chi connectivity index (χ1v) is 6.71. The molecule has 0 saturated carbocycles. The molecule has 0 aliphatic carbocycles. The van der Waals surface area contributed by atoms with Crippen LogP contribution in [-0.2, 0) is 13.1 Å². The van der Waals surface area contributed by atoms with E-state index in [0.29, 0.717) is 26.2 Å². The number of aliphatic hydroxyl groups excluding tert-OH is 1. The zero-order chi connectivity index (χ0) is 13.8. The first-order chi connectivity index (χ1) is 9.79. The van der Waals surface area contributed by atoms with Crippen molar-refractivity contribution in [3.05, 3.63) is 36.0 Å². The minimum absolute atomic E-state index is 0.378. The maximum Gasteiger partial charge on any atom is 0.124 e. The summed E-state index contributed by atoms with van der Waals surface area (Å²) in [5.74, 6) is 0. The molecule has 7 nitrogen and oxygen atoms in total. The molecule has 1 N–H and O–H groups in total. The highest BCUT2D eigenvalue weighted by Gasteiger charge is 2.22. The zero-order valence-corrected chi connectivity index (χ0v) is 11.2. The molecular weight excluding hydrogens is 260 g/mol. The van der Waals surface area contributed by atoms with E-state index in [1.54, 1.807) is 12.5 Å². The third-order valence-corrected chi connectivity index (χ3v) is 3.42. The summed E-state index contributed by atoms with van der Waals surface area (Å²) in [6, 6.07) is 3.70. The lowest BCUT2D eigenvalue weighted by Gasteiger charge is -2.19. The Kier molecular flexibility index (Phi) is 4.10. The first-order valence-electron chi connectivity index (χ1n) is 6.71. The second-order valence-corrected chi connectivity index (χ2v) is 5.11. The van der Waals surface area contributed by atoms with Crippen molar-refractivity contribution in [2.75, 3.05) is 26.2 Å². The lowest BCUT2D eigenvalue weighted by atomic mass is 10.3. The van der Waals surface area contributed by atoms with Gasteiger partial charge in [-0.2, -0.15) is 0 Å².